The van der Waals surface area contributed by atoms with E-state index in [0.717, 1.165) is 5.56 Å². The quantitative estimate of drug-likeness (QED) is 0.862. The average molecular weight is 279 g/mol. The molecule has 1 fully saturated rings. The SMILES string of the molecule is Cc1ccc(O)c(C(=O)N2CCOCC2CC(=O)O)c1. The molecule has 1 aromatic rings. The minimum Gasteiger partial charge on any atom is -0.507 e. The molecule has 108 valence electrons. The summed E-state index contributed by atoms with van der Waals surface area (Å²) in [6.45, 7) is 2.72. The number of carboxylic acids is 1. The van der Waals surface area contributed by atoms with Crippen molar-refractivity contribution >= 4 is 11.9 Å². The highest BCUT2D eigenvalue weighted by molar-refractivity contribution is 5.97. The number of carboxylic acid groups (broad SMARTS) is 1. The van der Waals surface area contributed by atoms with Crippen LogP contribution in [0.3, 0.4) is 0 Å². The number of aromatic hydroxyl groups is 1. The van der Waals surface area contributed by atoms with Gasteiger partial charge in [0.05, 0.1) is 31.2 Å². The van der Waals surface area contributed by atoms with Crippen LogP contribution in [-0.4, -0.2) is 52.8 Å². The molecule has 1 aliphatic heterocycles. The molecule has 1 amide bonds. The molecule has 1 saturated heterocycles. The molecule has 0 bridgehead atoms. The van der Waals surface area contributed by atoms with Crippen molar-refractivity contribution in [3.05, 3.63) is 29.3 Å². The number of nitrogens with zero attached hydrogens (tertiary/aromatic N) is 1. The molecule has 0 aromatic heterocycles. The van der Waals surface area contributed by atoms with Gasteiger partial charge in [0.15, 0.2) is 0 Å². The van der Waals surface area contributed by atoms with Gasteiger partial charge in [-0.3, -0.25) is 9.59 Å². The molecule has 6 heteroatoms. The third kappa shape index (κ3) is 3.08. The summed E-state index contributed by atoms with van der Waals surface area (Å²) in [4.78, 5) is 24.8. The molecule has 1 atom stereocenters. The number of rotatable bonds is 3. The number of ether oxygens (including phenoxy) is 1. The number of phenols is 1. The number of phenolic OH excluding ortho intramolecular Hbond substituents is 1. The van der Waals surface area contributed by atoms with Gasteiger partial charge in [-0.1, -0.05) is 11.6 Å². The first-order valence-electron chi connectivity index (χ1n) is 6.39. The van der Waals surface area contributed by atoms with Gasteiger partial charge >= 0.3 is 5.97 Å². The lowest BCUT2D eigenvalue weighted by Crippen LogP contribution is -2.49. The zero-order valence-corrected chi connectivity index (χ0v) is 11.2. The summed E-state index contributed by atoms with van der Waals surface area (Å²) in [6, 6.07) is 4.27. The number of aryl methyl sites for hydroxylation is 1. The smallest absolute Gasteiger partial charge is 0.305 e. The highest BCUT2D eigenvalue weighted by Gasteiger charge is 2.30. The van der Waals surface area contributed by atoms with E-state index in [1.54, 1.807) is 12.1 Å². The lowest BCUT2D eigenvalue weighted by Gasteiger charge is -2.35. The molecule has 1 aliphatic rings. The van der Waals surface area contributed by atoms with E-state index in [-0.39, 0.29) is 30.2 Å². The first-order valence-corrected chi connectivity index (χ1v) is 6.39. The second-order valence-electron chi connectivity index (χ2n) is 4.85. The summed E-state index contributed by atoms with van der Waals surface area (Å²) in [6.07, 6.45) is -0.168. The van der Waals surface area contributed by atoms with Crippen LogP contribution in [0.1, 0.15) is 22.3 Å². The fourth-order valence-corrected chi connectivity index (χ4v) is 2.27. The van der Waals surface area contributed by atoms with Crippen molar-refractivity contribution in [1.82, 2.24) is 4.90 Å². The molecule has 2 N–H and O–H groups in total. The van der Waals surface area contributed by atoms with E-state index in [0.29, 0.717) is 13.2 Å². The second kappa shape index (κ2) is 5.92. The molecule has 1 unspecified atom stereocenters. The molecule has 0 radical (unpaired) electrons. The van der Waals surface area contributed by atoms with E-state index in [4.69, 9.17) is 9.84 Å². The van der Waals surface area contributed by atoms with Crippen LogP contribution >= 0.6 is 0 Å². The maximum atomic E-state index is 12.5. The number of hydrogen-bond acceptors (Lipinski definition) is 4. The van der Waals surface area contributed by atoms with Gasteiger partial charge in [0.2, 0.25) is 0 Å². The number of aliphatic carboxylic acids is 1. The summed E-state index contributed by atoms with van der Waals surface area (Å²) in [5.41, 5.74) is 1.05. The van der Waals surface area contributed by atoms with Crippen molar-refractivity contribution in [2.24, 2.45) is 0 Å². The molecule has 0 saturated carbocycles. The molecule has 6 nitrogen and oxygen atoms in total. The topological polar surface area (TPSA) is 87.1 Å². The summed E-state index contributed by atoms with van der Waals surface area (Å²) in [7, 11) is 0. The van der Waals surface area contributed by atoms with E-state index in [1.807, 2.05) is 6.92 Å². The van der Waals surface area contributed by atoms with Crippen LogP contribution in [0.15, 0.2) is 18.2 Å². The van der Waals surface area contributed by atoms with Crippen molar-refractivity contribution in [2.75, 3.05) is 19.8 Å². The Hall–Kier alpha value is -2.08. The normalized spacial score (nSPS) is 18.9. The third-order valence-electron chi connectivity index (χ3n) is 3.28. The van der Waals surface area contributed by atoms with Crippen LogP contribution < -0.4 is 0 Å². The first-order chi connectivity index (χ1) is 9.49. The summed E-state index contributed by atoms with van der Waals surface area (Å²) in [5, 5.41) is 18.7. The van der Waals surface area contributed by atoms with E-state index >= 15 is 0 Å². The lowest BCUT2D eigenvalue weighted by atomic mass is 10.1. The van der Waals surface area contributed by atoms with Gasteiger partial charge in [-0.25, -0.2) is 0 Å². The fraction of sp³-hybridized carbons (Fsp3) is 0.429. The Morgan fingerprint density at radius 3 is 2.90 bits per heavy atom. The standard InChI is InChI=1S/C14H17NO5/c1-9-2-3-12(16)11(6-9)14(19)15-4-5-20-8-10(15)7-13(17)18/h2-3,6,10,16H,4-5,7-8H2,1H3,(H,17,18). The highest BCUT2D eigenvalue weighted by Crippen LogP contribution is 2.23. The number of hydrogen-bond donors (Lipinski definition) is 2. The van der Waals surface area contributed by atoms with Gasteiger partial charge < -0.3 is 19.8 Å². The predicted molar refractivity (Wildman–Crippen MR) is 70.7 cm³/mol. The fourth-order valence-electron chi connectivity index (χ4n) is 2.27. The van der Waals surface area contributed by atoms with E-state index in [2.05, 4.69) is 0 Å². The molecule has 20 heavy (non-hydrogen) atoms. The van der Waals surface area contributed by atoms with Crippen molar-refractivity contribution in [2.45, 2.75) is 19.4 Å². The lowest BCUT2D eigenvalue weighted by molar-refractivity contribution is -0.139. The van der Waals surface area contributed by atoms with Crippen LogP contribution in [-0.2, 0) is 9.53 Å². The maximum absolute atomic E-state index is 12.5. The van der Waals surface area contributed by atoms with Gasteiger partial charge in [0.25, 0.3) is 5.91 Å². The highest BCUT2D eigenvalue weighted by atomic mass is 16.5. The summed E-state index contributed by atoms with van der Waals surface area (Å²) in [5.74, 6) is -1.44. The summed E-state index contributed by atoms with van der Waals surface area (Å²) < 4.78 is 5.23. The van der Waals surface area contributed by atoms with E-state index in [9.17, 15) is 14.7 Å². The first kappa shape index (κ1) is 14.3. The number of carbonyl (C=O) groups is 2. The Kier molecular flexibility index (Phi) is 4.24. The van der Waals surface area contributed by atoms with Gasteiger partial charge in [-0.2, -0.15) is 0 Å². The number of carbonyl (C=O) groups excluding carboxylic acids is 1. The van der Waals surface area contributed by atoms with E-state index in [1.165, 1.54) is 11.0 Å². The zero-order valence-electron chi connectivity index (χ0n) is 11.2. The number of morpholine rings is 1. The largest absolute Gasteiger partial charge is 0.507 e. The van der Waals surface area contributed by atoms with Crippen molar-refractivity contribution in [3.8, 4) is 5.75 Å². The van der Waals surface area contributed by atoms with Gasteiger partial charge in [0, 0.05) is 6.54 Å². The molecular weight excluding hydrogens is 262 g/mol. The maximum Gasteiger partial charge on any atom is 0.305 e. The Labute approximate surface area is 116 Å². The van der Waals surface area contributed by atoms with Gasteiger partial charge in [0.1, 0.15) is 5.75 Å². The molecule has 0 spiro atoms. The van der Waals surface area contributed by atoms with Crippen molar-refractivity contribution in [3.63, 3.8) is 0 Å². The average Bonchev–Trinajstić information content (AvgIpc) is 2.41. The zero-order chi connectivity index (χ0) is 14.7. The molecule has 1 aromatic carbocycles. The Bertz CT molecular complexity index is 528. The number of amides is 1. The third-order valence-corrected chi connectivity index (χ3v) is 3.28. The van der Waals surface area contributed by atoms with Gasteiger partial charge in [-0.15, -0.1) is 0 Å². The Balaban J connectivity index is 2.25. The van der Waals surface area contributed by atoms with Crippen molar-refractivity contribution < 1.29 is 24.5 Å². The minimum absolute atomic E-state index is 0.0961. The van der Waals surface area contributed by atoms with Crippen LogP contribution in [0, 0.1) is 6.92 Å². The monoisotopic (exact) mass is 279 g/mol. The predicted octanol–water partition coefficient (Wildman–Crippen LogP) is 1.02. The van der Waals surface area contributed by atoms with E-state index < -0.39 is 12.0 Å². The molecule has 0 aliphatic carbocycles. The second-order valence-corrected chi connectivity index (χ2v) is 4.85. The summed E-state index contributed by atoms with van der Waals surface area (Å²) >= 11 is 0. The number of benzene rings is 1. The van der Waals surface area contributed by atoms with Crippen LogP contribution in [0.5, 0.6) is 5.75 Å². The van der Waals surface area contributed by atoms with Crippen molar-refractivity contribution in [1.29, 1.82) is 0 Å². The Morgan fingerprint density at radius 2 is 2.20 bits per heavy atom. The van der Waals surface area contributed by atoms with Crippen LogP contribution in [0.4, 0.5) is 0 Å². The molecule has 2 rings (SSSR count). The molecule has 1 heterocycles. The van der Waals surface area contributed by atoms with Crippen LogP contribution in [0.2, 0.25) is 0 Å². The molecular formula is C14H17NO5. The Morgan fingerprint density at radius 1 is 1.45 bits per heavy atom. The van der Waals surface area contributed by atoms with Gasteiger partial charge in [-0.05, 0) is 19.1 Å². The van der Waals surface area contributed by atoms with Crippen LogP contribution in [0.25, 0.3) is 0 Å². The minimum atomic E-state index is -0.980.